The van der Waals surface area contributed by atoms with Gasteiger partial charge in [-0.25, -0.2) is 9.97 Å². The van der Waals surface area contributed by atoms with E-state index in [1.165, 1.54) is 0 Å². The predicted molar refractivity (Wildman–Crippen MR) is 94.5 cm³/mol. The van der Waals surface area contributed by atoms with Crippen LogP contribution in [0.1, 0.15) is 0 Å². The molecule has 118 valence electrons. The smallest absolute Gasteiger partial charge is 0.224 e. The van der Waals surface area contributed by atoms with Gasteiger partial charge in [0.25, 0.3) is 0 Å². The SMILES string of the molecule is OCCNc1cc(-c2ccccc2)nc(Cl)n1.c1ccccc1. The topological polar surface area (TPSA) is 58.0 Å². The molecule has 3 aromatic rings. The minimum Gasteiger partial charge on any atom is -0.395 e. The van der Waals surface area contributed by atoms with Crippen LogP contribution in [0, 0.1) is 0 Å². The van der Waals surface area contributed by atoms with Gasteiger partial charge in [-0.05, 0) is 11.6 Å². The molecule has 0 unspecified atom stereocenters. The maximum atomic E-state index is 8.74. The lowest BCUT2D eigenvalue weighted by Gasteiger charge is -2.06. The van der Waals surface area contributed by atoms with E-state index in [9.17, 15) is 0 Å². The average molecular weight is 328 g/mol. The largest absolute Gasteiger partial charge is 0.395 e. The summed E-state index contributed by atoms with van der Waals surface area (Å²) in [6.45, 7) is 0.476. The molecule has 0 aliphatic carbocycles. The summed E-state index contributed by atoms with van der Waals surface area (Å²) in [5.41, 5.74) is 1.73. The van der Waals surface area contributed by atoms with Gasteiger partial charge in [-0.2, -0.15) is 0 Å². The number of halogens is 1. The van der Waals surface area contributed by atoms with E-state index in [1.807, 2.05) is 66.7 Å². The van der Waals surface area contributed by atoms with E-state index >= 15 is 0 Å². The molecule has 5 heteroatoms. The van der Waals surface area contributed by atoms with E-state index in [-0.39, 0.29) is 11.9 Å². The van der Waals surface area contributed by atoms with E-state index < -0.39 is 0 Å². The molecule has 0 bridgehead atoms. The summed E-state index contributed by atoms with van der Waals surface area (Å²) in [6.07, 6.45) is 0. The summed E-state index contributed by atoms with van der Waals surface area (Å²) in [6, 6.07) is 23.5. The first-order valence-electron chi connectivity index (χ1n) is 7.24. The van der Waals surface area contributed by atoms with Crippen molar-refractivity contribution in [2.45, 2.75) is 0 Å². The Balaban J connectivity index is 0.000000268. The summed E-state index contributed by atoms with van der Waals surface area (Å²) >= 11 is 5.85. The van der Waals surface area contributed by atoms with Gasteiger partial charge < -0.3 is 10.4 Å². The lowest BCUT2D eigenvalue weighted by Crippen LogP contribution is -2.07. The first-order valence-corrected chi connectivity index (χ1v) is 7.62. The molecule has 23 heavy (non-hydrogen) atoms. The zero-order chi connectivity index (χ0) is 16.3. The highest BCUT2D eigenvalue weighted by Crippen LogP contribution is 2.20. The number of aliphatic hydroxyl groups is 1. The number of hydrogen-bond donors (Lipinski definition) is 2. The van der Waals surface area contributed by atoms with Crippen LogP contribution in [-0.4, -0.2) is 28.2 Å². The lowest BCUT2D eigenvalue weighted by molar-refractivity contribution is 0.311. The molecule has 0 radical (unpaired) electrons. The Kier molecular flexibility index (Phi) is 7.04. The molecule has 0 spiro atoms. The molecule has 0 aliphatic rings. The average Bonchev–Trinajstić information content (AvgIpc) is 2.62. The molecule has 0 fully saturated rings. The lowest BCUT2D eigenvalue weighted by atomic mass is 10.1. The molecule has 1 aromatic heterocycles. The van der Waals surface area contributed by atoms with Crippen LogP contribution in [0.5, 0.6) is 0 Å². The second-order valence-electron chi connectivity index (χ2n) is 4.58. The summed E-state index contributed by atoms with van der Waals surface area (Å²) in [7, 11) is 0. The molecule has 2 aromatic carbocycles. The van der Waals surface area contributed by atoms with E-state index in [1.54, 1.807) is 6.07 Å². The van der Waals surface area contributed by atoms with Crippen molar-refractivity contribution in [1.29, 1.82) is 0 Å². The molecule has 0 saturated heterocycles. The van der Waals surface area contributed by atoms with Gasteiger partial charge in [0.05, 0.1) is 12.3 Å². The summed E-state index contributed by atoms with van der Waals surface area (Å²) in [4.78, 5) is 8.19. The van der Waals surface area contributed by atoms with Crippen molar-refractivity contribution in [2.75, 3.05) is 18.5 Å². The third kappa shape index (κ3) is 6.06. The van der Waals surface area contributed by atoms with Gasteiger partial charge in [0.15, 0.2) is 0 Å². The monoisotopic (exact) mass is 327 g/mol. The van der Waals surface area contributed by atoms with Gasteiger partial charge in [-0.3, -0.25) is 0 Å². The highest BCUT2D eigenvalue weighted by atomic mass is 35.5. The minimum atomic E-state index is 0.0439. The van der Waals surface area contributed by atoms with Crippen LogP contribution < -0.4 is 5.32 Å². The number of aromatic nitrogens is 2. The highest BCUT2D eigenvalue weighted by molar-refractivity contribution is 6.28. The fraction of sp³-hybridized carbons (Fsp3) is 0.111. The van der Waals surface area contributed by atoms with Crippen molar-refractivity contribution in [2.24, 2.45) is 0 Å². The van der Waals surface area contributed by atoms with Gasteiger partial charge in [0, 0.05) is 18.2 Å². The van der Waals surface area contributed by atoms with E-state index in [2.05, 4.69) is 15.3 Å². The van der Waals surface area contributed by atoms with E-state index in [0.717, 1.165) is 11.3 Å². The molecule has 2 N–H and O–H groups in total. The van der Waals surface area contributed by atoms with Crippen LogP contribution in [0.2, 0.25) is 5.28 Å². The number of rotatable bonds is 4. The molecular weight excluding hydrogens is 310 g/mol. The minimum absolute atomic E-state index is 0.0439. The number of nitrogens with one attached hydrogen (secondary N) is 1. The van der Waals surface area contributed by atoms with Crippen molar-refractivity contribution in [3.05, 3.63) is 78.1 Å². The molecule has 0 atom stereocenters. The van der Waals surface area contributed by atoms with Crippen LogP contribution >= 0.6 is 11.6 Å². The van der Waals surface area contributed by atoms with Gasteiger partial charge in [-0.1, -0.05) is 66.7 Å². The Morgan fingerprint density at radius 2 is 1.43 bits per heavy atom. The summed E-state index contributed by atoms with van der Waals surface area (Å²) in [5, 5.41) is 11.9. The van der Waals surface area contributed by atoms with Crippen LogP contribution in [-0.2, 0) is 0 Å². The fourth-order valence-electron chi connectivity index (χ4n) is 1.83. The Bertz CT molecular complexity index is 666. The van der Waals surface area contributed by atoms with Gasteiger partial charge in [-0.15, -0.1) is 0 Å². The normalized spacial score (nSPS) is 9.65. The number of nitrogens with zero attached hydrogens (tertiary/aromatic N) is 2. The van der Waals surface area contributed by atoms with Crippen molar-refractivity contribution >= 4 is 17.4 Å². The van der Waals surface area contributed by atoms with Crippen molar-refractivity contribution in [3.8, 4) is 11.3 Å². The van der Waals surface area contributed by atoms with Crippen LogP contribution in [0.25, 0.3) is 11.3 Å². The van der Waals surface area contributed by atoms with Crippen LogP contribution in [0.4, 0.5) is 5.82 Å². The van der Waals surface area contributed by atoms with E-state index in [4.69, 9.17) is 16.7 Å². The second-order valence-corrected chi connectivity index (χ2v) is 4.92. The van der Waals surface area contributed by atoms with E-state index in [0.29, 0.717) is 12.4 Å². The number of anilines is 1. The first kappa shape index (κ1) is 16.9. The Labute approximate surface area is 140 Å². The number of benzene rings is 2. The van der Waals surface area contributed by atoms with Gasteiger partial charge >= 0.3 is 0 Å². The maximum Gasteiger partial charge on any atom is 0.224 e. The first-order chi connectivity index (χ1) is 11.3. The standard InChI is InChI=1S/C12H12ClN3O.C6H6/c13-12-15-10(9-4-2-1-3-5-9)8-11(16-12)14-6-7-17;1-2-4-6-5-3-1/h1-5,8,17H,6-7H2,(H,14,15,16);1-6H. The Hall–Kier alpha value is -2.43. The number of hydrogen-bond acceptors (Lipinski definition) is 4. The molecule has 1 heterocycles. The third-order valence-electron chi connectivity index (χ3n) is 2.85. The molecular formula is C18H18ClN3O. The zero-order valence-electron chi connectivity index (χ0n) is 12.6. The second kappa shape index (κ2) is 9.56. The summed E-state index contributed by atoms with van der Waals surface area (Å²) in [5.74, 6) is 0.609. The number of aliphatic hydroxyl groups excluding tert-OH is 1. The zero-order valence-corrected chi connectivity index (χ0v) is 13.3. The predicted octanol–water partition coefficient (Wildman–Crippen LogP) is 3.89. The van der Waals surface area contributed by atoms with Crippen LogP contribution in [0.15, 0.2) is 72.8 Å². The quantitative estimate of drug-likeness (QED) is 0.714. The Morgan fingerprint density at radius 3 is 2.00 bits per heavy atom. The molecule has 4 nitrogen and oxygen atoms in total. The summed E-state index contributed by atoms with van der Waals surface area (Å²) < 4.78 is 0. The van der Waals surface area contributed by atoms with Crippen LogP contribution in [0.3, 0.4) is 0 Å². The van der Waals surface area contributed by atoms with Crippen molar-refractivity contribution in [3.63, 3.8) is 0 Å². The molecule has 0 saturated carbocycles. The molecule has 0 amide bonds. The van der Waals surface area contributed by atoms with Gasteiger partial charge in [0.1, 0.15) is 5.82 Å². The van der Waals surface area contributed by atoms with Crippen molar-refractivity contribution in [1.82, 2.24) is 9.97 Å². The highest BCUT2D eigenvalue weighted by Gasteiger charge is 2.04. The maximum absolute atomic E-state index is 8.74. The molecule has 3 rings (SSSR count). The van der Waals surface area contributed by atoms with Crippen molar-refractivity contribution < 1.29 is 5.11 Å². The third-order valence-corrected chi connectivity index (χ3v) is 3.02. The fourth-order valence-corrected chi connectivity index (χ4v) is 2.02. The Morgan fingerprint density at radius 1 is 0.870 bits per heavy atom. The van der Waals surface area contributed by atoms with Gasteiger partial charge in [0.2, 0.25) is 5.28 Å². The molecule has 0 aliphatic heterocycles.